The van der Waals surface area contributed by atoms with Crippen LogP contribution >= 0.6 is 0 Å². The quantitative estimate of drug-likeness (QED) is 0.812. The van der Waals surface area contributed by atoms with E-state index in [1.165, 1.54) is 25.7 Å². The molecular formula is C14H26N2O2. The van der Waals surface area contributed by atoms with Gasteiger partial charge >= 0.3 is 0 Å². The minimum Gasteiger partial charge on any atom is -0.378 e. The van der Waals surface area contributed by atoms with Gasteiger partial charge in [0.1, 0.15) is 5.60 Å². The Morgan fingerprint density at radius 3 is 2.61 bits per heavy atom. The molecule has 0 amide bonds. The summed E-state index contributed by atoms with van der Waals surface area (Å²) in [6.07, 6.45) is 6.40. The smallest absolute Gasteiger partial charge is 0.106 e. The zero-order valence-corrected chi connectivity index (χ0v) is 11.7. The Labute approximate surface area is 110 Å². The molecule has 4 heteroatoms. The first-order chi connectivity index (χ1) is 8.72. The normalized spacial score (nSPS) is 44.7. The summed E-state index contributed by atoms with van der Waals surface area (Å²) in [5.41, 5.74) is -0.0671. The van der Waals surface area contributed by atoms with Crippen molar-refractivity contribution in [1.82, 2.24) is 10.2 Å². The van der Waals surface area contributed by atoms with Crippen LogP contribution in [-0.4, -0.2) is 62.5 Å². The molecule has 0 aromatic carbocycles. The number of hydrogen-bond donors (Lipinski definition) is 1. The third kappa shape index (κ3) is 2.31. The molecule has 0 radical (unpaired) electrons. The molecule has 3 heterocycles. The van der Waals surface area contributed by atoms with Crippen molar-refractivity contribution in [2.24, 2.45) is 0 Å². The van der Waals surface area contributed by atoms with E-state index in [-0.39, 0.29) is 5.60 Å². The van der Waals surface area contributed by atoms with Gasteiger partial charge in [0.15, 0.2) is 0 Å². The lowest BCUT2D eigenvalue weighted by molar-refractivity contribution is -0.0196. The van der Waals surface area contributed by atoms with Crippen molar-refractivity contribution < 1.29 is 9.47 Å². The second-order valence-corrected chi connectivity index (χ2v) is 6.29. The number of methoxy groups -OCH3 is 1. The molecule has 2 bridgehead atoms. The molecule has 0 spiro atoms. The Morgan fingerprint density at radius 2 is 2.06 bits per heavy atom. The van der Waals surface area contributed by atoms with Gasteiger partial charge in [-0.1, -0.05) is 0 Å². The Hall–Kier alpha value is -0.160. The fourth-order valence-corrected chi connectivity index (χ4v) is 3.87. The monoisotopic (exact) mass is 254 g/mol. The van der Waals surface area contributed by atoms with Crippen LogP contribution in [-0.2, 0) is 9.47 Å². The van der Waals surface area contributed by atoms with Gasteiger partial charge in [-0.05, 0) is 32.7 Å². The van der Waals surface area contributed by atoms with Crippen LogP contribution in [0, 0.1) is 0 Å². The molecule has 3 unspecified atom stereocenters. The topological polar surface area (TPSA) is 33.7 Å². The third-order valence-electron chi connectivity index (χ3n) is 5.31. The van der Waals surface area contributed by atoms with Gasteiger partial charge in [-0.2, -0.15) is 0 Å². The molecule has 4 nitrogen and oxygen atoms in total. The van der Waals surface area contributed by atoms with Crippen molar-refractivity contribution in [3.63, 3.8) is 0 Å². The van der Waals surface area contributed by atoms with Crippen LogP contribution in [0.1, 0.15) is 32.1 Å². The number of piperidine rings is 1. The highest BCUT2D eigenvalue weighted by Gasteiger charge is 2.40. The summed E-state index contributed by atoms with van der Waals surface area (Å²) in [5.74, 6) is 0. The first kappa shape index (κ1) is 12.9. The van der Waals surface area contributed by atoms with Gasteiger partial charge in [-0.25, -0.2) is 0 Å². The Bertz CT molecular complexity index is 278. The summed E-state index contributed by atoms with van der Waals surface area (Å²) in [6.45, 7) is 2.53. The molecule has 3 aliphatic heterocycles. The highest BCUT2D eigenvalue weighted by Crippen LogP contribution is 2.34. The molecule has 0 aromatic heterocycles. The highest BCUT2D eigenvalue weighted by molar-refractivity contribution is 4.97. The molecule has 104 valence electrons. The number of nitrogens with zero attached hydrogens (tertiary/aromatic N) is 1. The van der Waals surface area contributed by atoms with E-state index in [0.717, 1.165) is 38.3 Å². The van der Waals surface area contributed by atoms with E-state index in [9.17, 15) is 0 Å². The molecule has 3 saturated heterocycles. The number of rotatable bonds is 4. The van der Waals surface area contributed by atoms with Gasteiger partial charge in [0, 0.05) is 44.8 Å². The van der Waals surface area contributed by atoms with Gasteiger partial charge < -0.3 is 19.7 Å². The zero-order chi connectivity index (χ0) is 12.6. The van der Waals surface area contributed by atoms with E-state index in [1.807, 2.05) is 7.11 Å². The SMILES string of the molecule is COC1(CNC2CC3CCC(C2)N3C)CCOC1. The summed E-state index contributed by atoms with van der Waals surface area (Å²) < 4.78 is 11.2. The molecule has 3 rings (SSSR count). The lowest BCUT2D eigenvalue weighted by Crippen LogP contribution is -2.52. The lowest BCUT2D eigenvalue weighted by Gasteiger charge is -2.38. The van der Waals surface area contributed by atoms with Crippen LogP contribution in [0.15, 0.2) is 0 Å². The fraction of sp³-hybridized carbons (Fsp3) is 1.00. The van der Waals surface area contributed by atoms with Crippen LogP contribution in [0.25, 0.3) is 0 Å². The third-order valence-corrected chi connectivity index (χ3v) is 5.31. The highest BCUT2D eigenvalue weighted by atomic mass is 16.5. The molecule has 3 fully saturated rings. The number of ether oxygens (including phenoxy) is 2. The predicted octanol–water partition coefficient (Wildman–Crippen LogP) is 1.01. The van der Waals surface area contributed by atoms with Crippen molar-refractivity contribution >= 4 is 0 Å². The largest absolute Gasteiger partial charge is 0.378 e. The molecule has 0 aliphatic carbocycles. The summed E-state index contributed by atoms with van der Waals surface area (Å²) in [7, 11) is 4.11. The standard InChI is InChI=1S/C14H26N2O2/c1-16-12-3-4-13(16)8-11(7-12)15-9-14(17-2)5-6-18-10-14/h11-13,15H,3-10H2,1-2H3. The van der Waals surface area contributed by atoms with E-state index in [4.69, 9.17) is 9.47 Å². The fourth-order valence-electron chi connectivity index (χ4n) is 3.87. The molecule has 18 heavy (non-hydrogen) atoms. The van der Waals surface area contributed by atoms with Crippen LogP contribution in [0.5, 0.6) is 0 Å². The average Bonchev–Trinajstić information content (AvgIpc) is 2.91. The summed E-state index contributed by atoms with van der Waals surface area (Å²) in [4.78, 5) is 2.59. The first-order valence-electron chi connectivity index (χ1n) is 7.31. The van der Waals surface area contributed by atoms with E-state index in [2.05, 4.69) is 17.3 Å². The number of nitrogens with one attached hydrogen (secondary N) is 1. The van der Waals surface area contributed by atoms with E-state index in [0.29, 0.717) is 6.04 Å². The van der Waals surface area contributed by atoms with Gasteiger partial charge in [0.05, 0.1) is 6.61 Å². The molecule has 0 aromatic rings. The average molecular weight is 254 g/mol. The van der Waals surface area contributed by atoms with Gasteiger partial charge in [-0.3, -0.25) is 0 Å². The van der Waals surface area contributed by atoms with Gasteiger partial charge in [-0.15, -0.1) is 0 Å². The van der Waals surface area contributed by atoms with E-state index < -0.39 is 0 Å². The summed E-state index contributed by atoms with van der Waals surface area (Å²) in [5, 5.41) is 3.74. The van der Waals surface area contributed by atoms with Crippen LogP contribution < -0.4 is 5.32 Å². The molecule has 1 N–H and O–H groups in total. The van der Waals surface area contributed by atoms with E-state index in [1.54, 1.807) is 0 Å². The van der Waals surface area contributed by atoms with Crippen molar-refractivity contribution in [1.29, 1.82) is 0 Å². The second kappa shape index (κ2) is 5.08. The minimum absolute atomic E-state index is 0.0671. The first-order valence-corrected chi connectivity index (χ1v) is 7.31. The molecular weight excluding hydrogens is 228 g/mol. The van der Waals surface area contributed by atoms with Crippen molar-refractivity contribution in [3.05, 3.63) is 0 Å². The maximum Gasteiger partial charge on any atom is 0.106 e. The minimum atomic E-state index is -0.0671. The molecule has 0 saturated carbocycles. The Balaban J connectivity index is 1.52. The van der Waals surface area contributed by atoms with Crippen molar-refractivity contribution in [3.8, 4) is 0 Å². The van der Waals surface area contributed by atoms with Crippen molar-refractivity contribution in [2.75, 3.05) is 33.9 Å². The number of fused-ring (bicyclic) bond motifs is 2. The Kier molecular flexibility index (Phi) is 3.63. The van der Waals surface area contributed by atoms with E-state index >= 15 is 0 Å². The van der Waals surface area contributed by atoms with Gasteiger partial charge in [0.25, 0.3) is 0 Å². The van der Waals surface area contributed by atoms with Crippen LogP contribution in [0.3, 0.4) is 0 Å². The van der Waals surface area contributed by atoms with Crippen LogP contribution in [0.2, 0.25) is 0 Å². The Morgan fingerprint density at radius 1 is 1.33 bits per heavy atom. The maximum atomic E-state index is 5.68. The molecule has 3 aliphatic rings. The number of hydrogen-bond acceptors (Lipinski definition) is 4. The lowest BCUT2D eigenvalue weighted by atomic mass is 9.96. The maximum absolute atomic E-state index is 5.68. The van der Waals surface area contributed by atoms with Crippen LogP contribution in [0.4, 0.5) is 0 Å². The van der Waals surface area contributed by atoms with Gasteiger partial charge in [0.2, 0.25) is 0 Å². The van der Waals surface area contributed by atoms with Crippen molar-refractivity contribution in [2.45, 2.75) is 55.8 Å². The summed E-state index contributed by atoms with van der Waals surface area (Å²) in [6, 6.07) is 2.28. The molecule has 3 atom stereocenters. The summed E-state index contributed by atoms with van der Waals surface area (Å²) >= 11 is 0. The zero-order valence-electron chi connectivity index (χ0n) is 11.7. The second-order valence-electron chi connectivity index (χ2n) is 6.29. The predicted molar refractivity (Wildman–Crippen MR) is 70.8 cm³/mol.